The second-order valence-electron chi connectivity index (χ2n) is 12.1. The van der Waals surface area contributed by atoms with Gasteiger partial charge in [0, 0.05) is 40.7 Å². The van der Waals surface area contributed by atoms with Crippen LogP contribution < -0.4 is 0 Å². The van der Waals surface area contributed by atoms with Gasteiger partial charge in [-0.05, 0) is 77.9 Å². The zero-order valence-corrected chi connectivity index (χ0v) is 27.7. The van der Waals surface area contributed by atoms with Crippen molar-refractivity contribution in [3.63, 3.8) is 0 Å². The van der Waals surface area contributed by atoms with E-state index in [1.807, 2.05) is 121 Å². The molecule has 6 heterocycles. The van der Waals surface area contributed by atoms with Gasteiger partial charge in [-0.2, -0.15) is 0 Å². The van der Waals surface area contributed by atoms with Crippen LogP contribution in [0.15, 0.2) is 170 Å². The van der Waals surface area contributed by atoms with Gasteiger partial charge in [0.15, 0.2) is 17.5 Å². The minimum absolute atomic E-state index is 0.506. The number of aromatic nitrogens is 8. The van der Waals surface area contributed by atoms with E-state index in [0.717, 1.165) is 67.2 Å². The molecule has 0 saturated heterocycles. The SMILES string of the molecule is c1ccc(-c2nc(-c3ccccc3)nc(-c3ccc(-c4ccc5cc(-c6cc(-c7ccccn7)nc(-c7ccccn7)c6)ccc5n4)cn3)n2)cc1. The summed E-state index contributed by atoms with van der Waals surface area (Å²) < 4.78 is 0. The third kappa shape index (κ3) is 6.28. The van der Waals surface area contributed by atoms with Crippen LogP contribution in [0.25, 0.3) is 90.4 Å². The molecule has 0 radical (unpaired) electrons. The topological polar surface area (TPSA) is 103 Å². The highest BCUT2D eigenvalue weighted by Crippen LogP contribution is 2.32. The van der Waals surface area contributed by atoms with Crippen LogP contribution in [0.3, 0.4) is 0 Å². The lowest BCUT2D eigenvalue weighted by Gasteiger charge is -2.11. The number of hydrogen-bond acceptors (Lipinski definition) is 8. The summed E-state index contributed by atoms with van der Waals surface area (Å²) in [5, 5.41) is 1.02. The molecule has 0 aliphatic heterocycles. The molecule has 0 aliphatic carbocycles. The Kier molecular flexibility index (Phi) is 7.99. The van der Waals surface area contributed by atoms with Gasteiger partial charge < -0.3 is 0 Å². The second kappa shape index (κ2) is 13.5. The average molecular weight is 669 g/mol. The lowest BCUT2D eigenvalue weighted by atomic mass is 10.0. The van der Waals surface area contributed by atoms with E-state index in [0.29, 0.717) is 23.2 Å². The van der Waals surface area contributed by atoms with Crippen molar-refractivity contribution in [1.29, 1.82) is 0 Å². The largest absolute Gasteiger partial charge is 0.255 e. The van der Waals surface area contributed by atoms with E-state index in [-0.39, 0.29) is 0 Å². The molecule has 0 saturated carbocycles. The Morgan fingerprint density at radius 3 is 1.44 bits per heavy atom. The summed E-state index contributed by atoms with van der Waals surface area (Å²) in [4.78, 5) is 38.2. The fourth-order valence-electron chi connectivity index (χ4n) is 6.05. The van der Waals surface area contributed by atoms with Crippen molar-refractivity contribution in [3.05, 3.63) is 170 Å². The highest BCUT2D eigenvalue weighted by atomic mass is 15.0. The predicted octanol–water partition coefficient (Wildman–Crippen LogP) is 9.67. The first-order valence-corrected chi connectivity index (χ1v) is 16.8. The molecule has 9 aromatic rings. The Balaban J connectivity index is 1.04. The highest BCUT2D eigenvalue weighted by Gasteiger charge is 2.15. The molecule has 8 heteroatoms. The maximum Gasteiger partial charge on any atom is 0.182 e. The summed E-state index contributed by atoms with van der Waals surface area (Å²) in [7, 11) is 0. The van der Waals surface area contributed by atoms with Crippen LogP contribution in [0.1, 0.15) is 0 Å². The molecule has 0 aliphatic rings. The number of nitrogens with zero attached hydrogens (tertiary/aromatic N) is 8. The molecular weight excluding hydrogens is 641 g/mol. The van der Waals surface area contributed by atoms with Crippen LogP contribution in [-0.2, 0) is 0 Å². The Bertz CT molecular complexity index is 2540. The average Bonchev–Trinajstić information content (AvgIpc) is 3.24. The molecule has 6 aromatic heterocycles. The van der Waals surface area contributed by atoms with Crippen LogP contribution in [0, 0.1) is 0 Å². The third-order valence-corrected chi connectivity index (χ3v) is 8.69. The predicted molar refractivity (Wildman–Crippen MR) is 204 cm³/mol. The molecule has 9 rings (SSSR count). The van der Waals surface area contributed by atoms with Crippen LogP contribution in [-0.4, -0.2) is 39.9 Å². The van der Waals surface area contributed by atoms with E-state index in [2.05, 4.69) is 46.4 Å². The molecule has 8 nitrogen and oxygen atoms in total. The van der Waals surface area contributed by atoms with Gasteiger partial charge >= 0.3 is 0 Å². The Hall–Kier alpha value is -7.32. The van der Waals surface area contributed by atoms with Crippen molar-refractivity contribution in [3.8, 4) is 79.5 Å². The minimum atomic E-state index is 0.506. The number of fused-ring (bicyclic) bond motifs is 1. The number of pyridine rings is 5. The number of hydrogen-bond donors (Lipinski definition) is 0. The summed E-state index contributed by atoms with van der Waals surface area (Å²) in [5.41, 5.74) is 10.3. The summed E-state index contributed by atoms with van der Waals surface area (Å²) in [6, 6.07) is 50.0. The first kappa shape index (κ1) is 30.7. The summed E-state index contributed by atoms with van der Waals surface area (Å²) in [6.45, 7) is 0. The van der Waals surface area contributed by atoms with Gasteiger partial charge in [-0.1, -0.05) is 84.9 Å². The van der Waals surface area contributed by atoms with Gasteiger partial charge in [-0.25, -0.2) is 24.9 Å². The lowest BCUT2D eigenvalue weighted by molar-refractivity contribution is 1.06. The number of benzene rings is 3. The van der Waals surface area contributed by atoms with Gasteiger partial charge in [0.1, 0.15) is 5.69 Å². The van der Waals surface area contributed by atoms with E-state index >= 15 is 0 Å². The van der Waals surface area contributed by atoms with Gasteiger partial charge in [0.2, 0.25) is 0 Å². The molecule has 0 atom stereocenters. The van der Waals surface area contributed by atoms with E-state index < -0.39 is 0 Å². The van der Waals surface area contributed by atoms with Gasteiger partial charge in [-0.3, -0.25) is 15.0 Å². The normalized spacial score (nSPS) is 11.1. The van der Waals surface area contributed by atoms with Gasteiger partial charge in [-0.15, -0.1) is 0 Å². The molecule has 0 amide bonds. The van der Waals surface area contributed by atoms with E-state index in [1.54, 1.807) is 12.4 Å². The first-order valence-electron chi connectivity index (χ1n) is 16.8. The van der Waals surface area contributed by atoms with E-state index in [1.165, 1.54) is 0 Å². The monoisotopic (exact) mass is 668 g/mol. The summed E-state index contributed by atoms with van der Waals surface area (Å²) in [5.74, 6) is 1.70. The molecule has 3 aromatic carbocycles. The highest BCUT2D eigenvalue weighted by molar-refractivity contribution is 5.87. The fourth-order valence-corrected chi connectivity index (χ4v) is 6.05. The first-order chi connectivity index (χ1) is 25.7. The van der Waals surface area contributed by atoms with E-state index in [9.17, 15) is 0 Å². The Labute approximate surface area is 299 Å². The maximum absolute atomic E-state index is 5.01. The zero-order chi connectivity index (χ0) is 34.7. The van der Waals surface area contributed by atoms with Gasteiger partial charge in [0.05, 0.1) is 34.0 Å². The third-order valence-electron chi connectivity index (χ3n) is 8.69. The summed E-state index contributed by atoms with van der Waals surface area (Å²) >= 11 is 0. The molecule has 0 fully saturated rings. The van der Waals surface area contributed by atoms with E-state index in [4.69, 9.17) is 29.9 Å². The number of rotatable bonds is 7. The summed E-state index contributed by atoms with van der Waals surface area (Å²) in [6.07, 6.45) is 5.38. The Morgan fingerprint density at radius 1 is 0.288 bits per heavy atom. The molecule has 0 bridgehead atoms. The van der Waals surface area contributed by atoms with Crippen LogP contribution in [0.5, 0.6) is 0 Å². The van der Waals surface area contributed by atoms with Crippen molar-refractivity contribution in [1.82, 2.24) is 39.9 Å². The standard InChI is InChI=1S/C44H28N8/c1-3-11-29(12-4-1)42-50-43(30-13-5-2-6-14-30)52-44(51-42)39-22-19-33(28-47-39)36-21-18-32-25-31(17-20-35(32)48-36)34-26-40(37-15-7-9-23-45-37)49-41(27-34)38-16-8-10-24-46-38/h1-28H. The molecule has 0 spiro atoms. The van der Waals surface area contributed by atoms with Crippen molar-refractivity contribution >= 4 is 10.9 Å². The minimum Gasteiger partial charge on any atom is -0.255 e. The zero-order valence-electron chi connectivity index (χ0n) is 27.7. The molecule has 52 heavy (non-hydrogen) atoms. The molecular formula is C44H28N8. The Morgan fingerprint density at radius 2 is 0.865 bits per heavy atom. The molecule has 244 valence electrons. The van der Waals surface area contributed by atoms with Crippen molar-refractivity contribution < 1.29 is 0 Å². The van der Waals surface area contributed by atoms with Crippen LogP contribution in [0.4, 0.5) is 0 Å². The second-order valence-corrected chi connectivity index (χ2v) is 12.1. The maximum atomic E-state index is 5.01. The van der Waals surface area contributed by atoms with Crippen molar-refractivity contribution in [2.24, 2.45) is 0 Å². The van der Waals surface area contributed by atoms with Gasteiger partial charge in [0.25, 0.3) is 0 Å². The fraction of sp³-hybridized carbons (Fsp3) is 0. The molecule has 0 N–H and O–H groups in total. The van der Waals surface area contributed by atoms with Crippen LogP contribution >= 0.6 is 0 Å². The van der Waals surface area contributed by atoms with Crippen molar-refractivity contribution in [2.45, 2.75) is 0 Å². The van der Waals surface area contributed by atoms with Crippen molar-refractivity contribution in [2.75, 3.05) is 0 Å². The quantitative estimate of drug-likeness (QED) is 0.165. The smallest absolute Gasteiger partial charge is 0.182 e. The van der Waals surface area contributed by atoms with Crippen LogP contribution in [0.2, 0.25) is 0 Å². The molecule has 0 unspecified atom stereocenters. The lowest BCUT2D eigenvalue weighted by Crippen LogP contribution is -2.01.